The lowest BCUT2D eigenvalue weighted by Crippen LogP contribution is -2.46. The number of rotatable bonds is 17. The van der Waals surface area contributed by atoms with Gasteiger partial charge in [0, 0.05) is 12.8 Å². The second-order valence-corrected chi connectivity index (χ2v) is 14.1. The van der Waals surface area contributed by atoms with Crippen LogP contribution in [0.2, 0.25) is 0 Å². The molecule has 198 valence electrons. The van der Waals surface area contributed by atoms with E-state index in [-0.39, 0.29) is 11.0 Å². The van der Waals surface area contributed by atoms with Gasteiger partial charge in [0.2, 0.25) is 0 Å². The largest absolute Gasteiger partial charge is 0.870 e. The van der Waals surface area contributed by atoms with Gasteiger partial charge in [-0.3, -0.25) is 0 Å². The van der Waals surface area contributed by atoms with Crippen molar-refractivity contribution in [1.82, 2.24) is 0 Å². The number of benzene rings is 1. The summed E-state index contributed by atoms with van der Waals surface area (Å²) in [7, 11) is -0.562. The highest BCUT2D eigenvalue weighted by Crippen LogP contribution is 2.61. The molecule has 0 saturated heterocycles. The lowest BCUT2D eigenvalue weighted by molar-refractivity contribution is -0.936. The van der Waals surface area contributed by atoms with E-state index in [1.54, 1.807) is 24.6 Å². The molecule has 0 aliphatic carbocycles. The topological polar surface area (TPSA) is 60.0 Å². The lowest BCUT2D eigenvalue weighted by atomic mass is 10.2. The molecule has 0 atom stereocenters. The zero-order chi connectivity index (χ0) is 23.4. The fraction of sp³-hybridized carbons (Fsp3) is 0.793. The van der Waals surface area contributed by atoms with Gasteiger partial charge in [-0.15, -0.1) is 0 Å². The van der Waals surface area contributed by atoms with Crippen molar-refractivity contribution in [1.29, 1.82) is 0 Å². The molecule has 0 amide bonds. The molecule has 0 saturated carbocycles. The van der Waals surface area contributed by atoms with Gasteiger partial charge in [0.1, 0.15) is 6.54 Å². The molecule has 33 heavy (non-hydrogen) atoms. The van der Waals surface area contributed by atoms with Crippen molar-refractivity contribution < 1.29 is 15.4 Å². The van der Waals surface area contributed by atoms with Crippen LogP contribution < -0.4 is 0 Å². The van der Waals surface area contributed by atoms with Crippen molar-refractivity contribution >= 4 is 7.26 Å². The summed E-state index contributed by atoms with van der Waals surface area (Å²) in [4.78, 5) is 0. The van der Waals surface area contributed by atoms with Crippen molar-refractivity contribution in [2.45, 2.75) is 106 Å². The zero-order valence-corrected chi connectivity index (χ0v) is 24.4. The van der Waals surface area contributed by atoms with Crippen LogP contribution in [0.5, 0.6) is 0 Å². The fourth-order valence-corrected chi connectivity index (χ4v) is 9.91. The number of nitrogens with zero attached hydrogens (tertiary/aromatic N) is 1. The summed E-state index contributed by atoms with van der Waals surface area (Å²) in [5.41, 5.74) is 1.46. The molecule has 0 spiro atoms. The highest BCUT2D eigenvalue weighted by molar-refractivity contribution is 7.75. The second-order valence-electron chi connectivity index (χ2n) is 9.58. The summed E-state index contributed by atoms with van der Waals surface area (Å²) in [6.45, 7) is 21.1. The van der Waals surface area contributed by atoms with Crippen molar-refractivity contribution in [3.8, 4) is 0 Å². The van der Waals surface area contributed by atoms with Crippen LogP contribution in [0.3, 0.4) is 0 Å². The molecule has 0 bridgehead atoms. The maximum atomic E-state index is 2.36. The van der Waals surface area contributed by atoms with Crippen molar-refractivity contribution in [2.75, 3.05) is 44.3 Å². The van der Waals surface area contributed by atoms with E-state index in [2.05, 4.69) is 78.8 Å². The first-order valence-electron chi connectivity index (χ1n) is 13.7. The highest BCUT2D eigenvalue weighted by atomic mass is 31.2. The molecule has 2 N–H and O–H groups in total. The van der Waals surface area contributed by atoms with Crippen LogP contribution >= 0.6 is 7.26 Å². The van der Waals surface area contributed by atoms with Crippen LogP contribution in [0.15, 0.2) is 30.3 Å². The summed E-state index contributed by atoms with van der Waals surface area (Å²) in [5, 5.41) is 0. The van der Waals surface area contributed by atoms with Gasteiger partial charge in [-0.05, 0) is 46.5 Å². The van der Waals surface area contributed by atoms with Gasteiger partial charge in [-0.25, -0.2) is 0 Å². The molecule has 1 aromatic rings. The third kappa shape index (κ3) is 15.9. The maximum absolute atomic E-state index is 2.36. The number of unbranched alkanes of at least 4 members (excludes halogenated alkanes) is 4. The Hall–Kier alpha value is -0.470. The van der Waals surface area contributed by atoms with Gasteiger partial charge in [-0.2, -0.15) is 0 Å². The molecular weight excluding hydrogens is 425 g/mol. The van der Waals surface area contributed by atoms with Gasteiger partial charge in [0.25, 0.3) is 0 Å². The smallest absolute Gasteiger partial charge is 0.104 e. The molecule has 0 radical (unpaired) electrons. The minimum Gasteiger partial charge on any atom is -0.870 e. The van der Waals surface area contributed by atoms with Gasteiger partial charge in [-0.1, -0.05) is 83.7 Å². The molecule has 1 rings (SSSR count). The van der Waals surface area contributed by atoms with E-state index in [4.69, 9.17) is 0 Å². The van der Waals surface area contributed by atoms with E-state index in [1.165, 1.54) is 87.6 Å². The van der Waals surface area contributed by atoms with Crippen molar-refractivity contribution in [3.05, 3.63) is 35.9 Å². The molecule has 0 aliphatic rings. The first-order chi connectivity index (χ1) is 15.0. The molecule has 0 aliphatic heterocycles. The van der Waals surface area contributed by atoms with E-state index in [9.17, 15) is 0 Å². The van der Waals surface area contributed by atoms with E-state index < -0.39 is 7.26 Å². The van der Waals surface area contributed by atoms with Gasteiger partial charge in [0.05, 0.1) is 44.3 Å². The van der Waals surface area contributed by atoms with Crippen LogP contribution in [0.1, 0.15) is 105 Å². The quantitative estimate of drug-likeness (QED) is 0.163. The van der Waals surface area contributed by atoms with Crippen LogP contribution in [0.4, 0.5) is 0 Å². The Kier molecular flexibility index (Phi) is 26.2. The van der Waals surface area contributed by atoms with Gasteiger partial charge in [0.15, 0.2) is 0 Å². The van der Waals surface area contributed by atoms with Crippen molar-refractivity contribution in [2.24, 2.45) is 0 Å². The Morgan fingerprint density at radius 1 is 0.545 bits per heavy atom. The molecule has 0 fully saturated rings. The van der Waals surface area contributed by atoms with Crippen LogP contribution in [0.25, 0.3) is 0 Å². The minimum atomic E-state index is -0.562. The first kappa shape index (κ1) is 37.1. The molecule has 0 aromatic heterocycles. The summed E-state index contributed by atoms with van der Waals surface area (Å²) in [6, 6.07) is 10.8. The maximum Gasteiger partial charge on any atom is 0.104 e. The second kappa shape index (κ2) is 23.3. The van der Waals surface area contributed by atoms with Crippen LogP contribution in [0, 0.1) is 0 Å². The van der Waals surface area contributed by atoms with E-state index in [0.717, 1.165) is 0 Å². The zero-order valence-electron chi connectivity index (χ0n) is 23.5. The summed E-state index contributed by atoms with van der Waals surface area (Å²) in [6.07, 6.45) is 17.9. The van der Waals surface area contributed by atoms with E-state index in [1.807, 2.05) is 0 Å². The van der Waals surface area contributed by atoms with Gasteiger partial charge < -0.3 is 15.4 Å². The highest BCUT2D eigenvalue weighted by Gasteiger charge is 2.34. The fourth-order valence-electron chi connectivity index (χ4n) is 4.62. The predicted molar refractivity (Wildman–Crippen MR) is 152 cm³/mol. The Morgan fingerprint density at radius 3 is 1.15 bits per heavy atom. The molecule has 0 heterocycles. The average Bonchev–Trinajstić information content (AvgIpc) is 2.83. The molecule has 3 nitrogen and oxygen atoms in total. The Balaban J connectivity index is -0.000000521. The third-order valence-corrected chi connectivity index (χ3v) is 12.4. The van der Waals surface area contributed by atoms with Gasteiger partial charge >= 0.3 is 0 Å². The molecular formula is C29H60NO2P. The summed E-state index contributed by atoms with van der Waals surface area (Å²) in [5.74, 6) is 0. The number of quaternary nitrogens is 1. The summed E-state index contributed by atoms with van der Waals surface area (Å²) < 4.78 is 1.20. The Labute approximate surface area is 209 Å². The first-order valence-corrected chi connectivity index (χ1v) is 16.3. The molecule has 0 unspecified atom stereocenters. The Morgan fingerprint density at radius 2 is 0.879 bits per heavy atom. The SMILES string of the molecule is CCCC[P+](CCCC)(CCCC)CCCC.CC[N+](CC)(CC)Cc1ccccc1.[OH-].[OH-]. The third-order valence-electron chi connectivity index (χ3n) is 7.32. The van der Waals surface area contributed by atoms with Crippen LogP contribution in [-0.2, 0) is 6.54 Å². The monoisotopic (exact) mass is 485 g/mol. The lowest BCUT2D eigenvalue weighted by Gasteiger charge is -2.35. The van der Waals surface area contributed by atoms with Crippen molar-refractivity contribution in [3.63, 3.8) is 0 Å². The predicted octanol–water partition coefficient (Wildman–Crippen LogP) is 8.91. The number of hydrogen-bond acceptors (Lipinski definition) is 2. The average molecular weight is 486 g/mol. The molecule has 1 aromatic carbocycles. The Bertz CT molecular complexity index is 460. The standard InChI is InChI=1S/C16H36P.C13H22N.2H2O/c1-5-9-13-17(14-10-6-2,15-11-7-3)16-12-8-4;1-4-14(5-2,6-3)12-13-10-8-7-9-11-13;;/h5-16H2,1-4H3;7-11H,4-6,12H2,1-3H3;2*1H2/q2*+1;;/p-2. The number of hydrogen-bond donors (Lipinski definition) is 0. The normalized spacial score (nSPS) is 11.1. The van der Waals surface area contributed by atoms with E-state index >= 15 is 0 Å². The van der Waals surface area contributed by atoms with Crippen LogP contribution in [-0.4, -0.2) is 59.7 Å². The molecule has 4 heteroatoms. The minimum absolute atomic E-state index is 0. The van der Waals surface area contributed by atoms with E-state index in [0.29, 0.717) is 0 Å². The summed E-state index contributed by atoms with van der Waals surface area (Å²) >= 11 is 0.